The van der Waals surface area contributed by atoms with Crippen LogP contribution in [0, 0.1) is 0 Å². The van der Waals surface area contributed by atoms with Crippen LogP contribution in [0.3, 0.4) is 0 Å². The van der Waals surface area contributed by atoms with Gasteiger partial charge in [0.25, 0.3) is 0 Å². The van der Waals surface area contributed by atoms with Crippen molar-refractivity contribution in [1.82, 2.24) is 9.78 Å². The van der Waals surface area contributed by atoms with E-state index in [9.17, 15) is 0 Å². The molecule has 2 rings (SSSR count). The highest BCUT2D eigenvalue weighted by atomic mass is 15.2. The van der Waals surface area contributed by atoms with Gasteiger partial charge in [0.05, 0.1) is 6.20 Å². The predicted octanol–water partition coefficient (Wildman–Crippen LogP) is 2.93. The van der Waals surface area contributed by atoms with Crippen molar-refractivity contribution in [2.75, 3.05) is 18.5 Å². The zero-order valence-electron chi connectivity index (χ0n) is 10.7. The summed E-state index contributed by atoms with van der Waals surface area (Å²) in [6, 6.07) is 8.63. The average molecular weight is 229 g/mol. The monoisotopic (exact) mass is 229 g/mol. The Morgan fingerprint density at radius 3 is 2.41 bits per heavy atom. The highest BCUT2D eigenvalue weighted by molar-refractivity contribution is 5.64. The first kappa shape index (κ1) is 11.7. The minimum atomic E-state index is 1.09. The fourth-order valence-corrected chi connectivity index (χ4v) is 1.94. The lowest BCUT2D eigenvalue weighted by atomic mass is 10.1. The molecule has 0 aliphatic rings. The van der Waals surface area contributed by atoms with E-state index in [1.165, 1.54) is 17.7 Å². The summed E-state index contributed by atoms with van der Waals surface area (Å²) in [5.41, 5.74) is 3.64. The summed E-state index contributed by atoms with van der Waals surface area (Å²) < 4.78 is 1.83. The Bertz CT molecular complexity index is 470. The van der Waals surface area contributed by atoms with E-state index in [0.717, 1.165) is 12.1 Å². The van der Waals surface area contributed by atoms with Crippen LogP contribution in [-0.2, 0) is 7.05 Å². The Kier molecular flexibility index (Phi) is 3.47. The highest BCUT2D eigenvalue weighted by Gasteiger charge is 2.02. The van der Waals surface area contributed by atoms with E-state index in [2.05, 4.69) is 48.2 Å². The van der Waals surface area contributed by atoms with E-state index >= 15 is 0 Å². The molecule has 2 aromatic rings. The average Bonchev–Trinajstić information content (AvgIpc) is 2.76. The molecule has 0 saturated heterocycles. The Morgan fingerprint density at radius 2 is 1.88 bits per heavy atom. The molecule has 3 nitrogen and oxygen atoms in total. The maximum atomic E-state index is 4.19. The van der Waals surface area contributed by atoms with Crippen molar-refractivity contribution in [3.05, 3.63) is 36.7 Å². The van der Waals surface area contributed by atoms with Gasteiger partial charge in [0.2, 0.25) is 0 Å². The van der Waals surface area contributed by atoms with E-state index in [-0.39, 0.29) is 0 Å². The van der Waals surface area contributed by atoms with Crippen molar-refractivity contribution in [3.8, 4) is 11.1 Å². The molecule has 0 N–H and O–H groups in total. The van der Waals surface area contributed by atoms with E-state index in [4.69, 9.17) is 0 Å². The first-order chi connectivity index (χ1) is 8.20. The molecule has 90 valence electrons. The van der Waals surface area contributed by atoms with Gasteiger partial charge >= 0.3 is 0 Å². The first-order valence-electron chi connectivity index (χ1n) is 6.01. The Hall–Kier alpha value is -1.77. The highest BCUT2D eigenvalue weighted by Crippen LogP contribution is 2.22. The third kappa shape index (κ3) is 2.67. The molecule has 0 unspecified atom stereocenters. The molecule has 0 atom stereocenters. The topological polar surface area (TPSA) is 21.1 Å². The van der Waals surface area contributed by atoms with Crippen molar-refractivity contribution < 1.29 is 0 Å². The van der Waals surface area contributed by atoms with Crippen molar-refractivity contribution in [3.63, 3.8) is 0 Å². The van der Waals surface area contributed by atoms with Gasteiger partial charge in [-0.05, 0) is 24.1 Å². The van der Waals surface area contributed by atoms with Crippen LogP contribution < -0.4 is 4.90 Å². The van der Waals surface area contributed by atoms with Crippen LogP contribution in [0.1, 0.15) is 13.3 Å². The van der Waals surface area contributed by atoms with Gasteiger partial charge in [-0.2, -0.15) is 5.10 Å². The van der Waals surface area contributed by atoms with Gasteiger partial charge in [-0.3, -0.25) is 4.68 Å². The number of benzene rings is 1. The van der Waals surface area contributed by atoms with Gasteiger partial charge in [0.1, 0.15) is 0 Å². The van der Waals surface area contributed by atoms with Gasteiger partial charge in [-0.25, -0.2) is 0 Å². The lowest BCUT2D eigenvalue weighted by Gasteiger charge is -2.18. The second-order valence-corrected chi connectivity index (χ2v) is 4.37. The maximum absolute atomic E-state index is 4.19. The Labute approximate surface area is 103 Å². The number of anilines is 1. The molecule has 0 aliphatic carbocycles. The SMILES string of the molecule is CCCN(C)c1ccc(-c2cnn(C)c2)cc1. The molecule has 0 spiro atoms. The van der Waals surface area contributed by atoms with Crippen LogP contribution in [0.2, 0.25) is 0 Å². The lowest BCUT2D eigenvalue weighted by Crippen LogP contribution is -2.17. The van der Waals surface area contributed by atoms with Gasteiger partial charge in [0, 0.05) is 38.1 Å². The Balaban J connectivity index is 2.18. The van der Waals surface area contributed by atoms with Crippen LogP contribution in [-0.4, -0.2) is 23.4 Å². The summed E-state index contributed by atoms with van der Waals surface area (Å²) in [7, 11) is 4.06. The molecule has 1 heterocycles. The van der Waals surface area contributed by atoms with Crippen molar-refractivity contribution in [1.29, 1.82) is 0 Å². The lowest BCUT2D eigenvalue weighted by molar-refractivity contribution is 0.768. The zero-order valence-corrected chi connectivity index (χ0v) is 10.7. The summed E-state index contributed by atoms with van der Waals surface area (Å²) in [5, 5.41) is 4.19. The molecule has 3 heteroatoms. The number of hydrogen-bond acceptors (Lipinski definition) is 2. The van der Waals surface area contributed by atoms with E-state index in [1.807, 2.05) is 24.1 Å². The van der Waals surface area contributed by atoms with Gasteiger partial charge in [-0.15, -0.1) is 0 Å². The Morgan fingerprint density at radius 1 is 1.18 bits per heavy atom. The summed E-state index contributed by atoms with van der Waals surface area (Å²) >= 11 is 0. The molecule has 0 bridgehead atoms. The number of aryl methyl sites for hydroxylation is 1. The molecule has 0 radical (unpaired) electrons. The molecule has 0 saturated carbocycles. The van der Waals surface area contributed by atoms with Crippen molar-refractivity contribution in [2.24, 2.45) is 7.05 Å². The molecular formula is C14H19N3. The third-order valence-corrected chi connectivity index (χ3v) is 2.91. The summed E-state index contributed by atoms with van der Waals surface area (Å²) in [6.07, 6.45) is 5.09. The van der Waals surface area contributed by atoms with Crippen molar-refractivity contribution >= 4 is 5.69 Å². The smallest absolute Gasteiger partial charge is 0.0568 e. The largest absolute Gasteiger partial charge is 0.375 e. The van der Waals surface area contributed by atoms with E-state index in [0.29, 0.717) is 0 Å². The van der Waals surface area contributed by atoms with Crippen LogP contribution in [0.5, 0.6) is 0 Å². The normalized spacial score (nSPS) is 10.5. The van der Waals surface area contributed by atoms with Crippen LogP contribution in [0.15, 0.2) is 36.7 Å². The fraction of sp³-hybridized carbons (Fsp3) is 0.357. The summed E-state index contributed by atoms with van der Waals surface area (Å²) in [6.45, 7) is 3.28. The summed E-state index contributed by atoms with van der Waals surface area (Å²) in [5.74, 6) is 0. The number of aromatic nitrogens is 2. The quantitative estimate of drug-likeness (QED) is 0.803. The predicted molar refractivity (Wildman–Crippen MR) is 72.2 cm³/mol. The second-order valence-electron chi connectivity index (χ2n) is 4.37. The minimum absolute atomic E-state index is 1.09. The van der Waals surface area contributed by atoms with Crippen LogP contribution in [0.25, 0.3) is 11.1 Å². The van der Waals surface area contributed by atoms with Gasteiger partial charge < -0.3 is 4.90 Å². The van der Waals surface area contributed by atoms with Crippen molar-refractivity contribution in [2.45, 2.75) is 13.3 Å². The molecule has 0 aliphatic heterocycles. The third-order valence-electron chi connectivity index (χ3n) is 2.91. The molecule has 0 amide bonds. The molecule has 17 heavy (non-hydrogen) atoms. The molecule has 1 aromatic heterocycles. The molecule has 1 aromatic carbocycles. The summed E-state index contributed by atoms with van der Waals surface area (Å²) in [4.78, 5) is 2.27. The standard InChI is InChI=1S/C14H19N3/c1-4-9-16(2)14-7-5-12(6-8-14)13-10-15-17(3)11-13/h5-8,10-11H,4,9H2,1-3H3. The van der Waals surface area contributed by atoms with Gasteiger partial charge in [-0.1, -0.05) is 19.1 Å². The molecule has 0 fully saturated rings. The number of hydrogen-bond donors (Lipinski definition) is 0. The zero-order chi connectivity index (χ0) is 12.3. The number of nitrogens with zero attached hydrogens (tertiary/aromatic N) is 3. The second kappa shape index (κ2) is 5.04. The molecular weight excluding hydrogens is 210 g/mol. The van der Waals surface area contributed by atoms with Crippen LogP contribution in [0.4, 0.5) is 5.69 Å². The van der Waals surface area contributed by atoms with E-state index in [1.54, 1.807) is 0 Å². The first-order valence-corrected chi connectivity index (χ1v) is 6.01. The fourth-order valence-electron chi connectivity index (χ4n) is 1.94. The minimum Gasteiger partial charge on any atom is -0.375 e. The van der Waals surface area contributed by atoms with E-state index < -0.39 is 0 Å². The maximum Gasteiger partial charge on any atom is 0.0568 e. The van der Waals surface area contributed by atoms with Crippen LogP contribution >= 0.6 is 0 Å². The van der Waals surface area contributed by atoms with Gasteiger partial charge in [0.15, 0.2) is 0 Å². The number of rotatable bonds is 4.